The molecule has 30 heavy (non-hydrogen) atoms. The first kappa shape index (κ1) is 20.8. The zero-order chi connectivity index (χ0) is 21.3. The molecule has 2 atom stereocenters. The highest BCUT2D eigenvalue weighted by atomic mass is 79.9. The number of pyridine rings is 1. The molecule has 3 aromatic rings. The summed E-state index contributed by atoms with van der Waals surface area (Å²) in [5.74, 6) is 0.418. The first-order valence-corrected chi connectivity index (χ1v) is 11.3. The third kappa shape index (κ3) is 4.05. The number of anilines is 2. The van der Waals surface area contributed by atoms with Crippen LogP contribution >= 0.6 is 39.5 Å². The fraction of sp³-hybridized carbons (Fsp3) is 0.190. The first-order valence-electron chi connectivity index (χ1n) is 9.18. The summed E-state index contributed by atoms with van der Waals surface area (Å²) in [4.78, 5) is 19.4. The van der Waals surface area contributed by atoms with Gasteiger partial charge in [0.2, 0.25) is 5.91 Å². The van der Waals surface area contributed by atoms with Crippen LogP contribution in [0.5, 0.6) is 5.75 Å². The number of carbonyl (C=O) groups excluding carboxylic acids is 1. The van der Waals surface area contributed by atoms with Crippen molar-refractivity contribution in [2.75, 3.05) is 17.3 Å². The molecule has 4 rings (SSSR count). The summed E-state index contributed by atoms with van der Waals surface area (Å²) < 4.78 is 6.42. The second-order valence-electron chi connectivity index (χ2n) is 6.73. The molecule has 1 aromatic carbocycles. The number of hydrogen-bond donors (Lipinski definition) is 2. The van der Waals surface area contributed by atoms with Crippen LogP contribution < -0.4 is 20.3 Å². The molecule has 6 nitrogen and oxygen atoms in total. The lowest BCUT2D eigenvalue weighted by Gasteiger charge is -2.27. The van der Waals surface area contributed by atoms with Crippen molar-refractivity contribution in [1.82, 2.24) is 10.3 Å². The monoisotopic (exact) mass is 502 g/mol. The standard InChI is InChI=1S/C21H19BrN4O2S2/c1-12(27)24-16-10-14(6-7-17(16)28-2)26-20(18-9-13(22)11-30-18)19(25-21(26)29)15-5-3-4-8-23-15/h3-11,19-20H,1-2H3,(H,24,27)(H,25,29). The lowest BCUT2D eigenvalue weighted by atomic mass is 10.0. The van der Waals surface area contributed by atoms with Crippen molar-refractivity contribution in [3.8, 4) is 5.75 Å². The molecule has 0 bridgehead atoms. The van der Waals surface area contributed by atoms with Crippen molar-refractivity contribution < 1.29 is 9.53 Å². The summed E-state index contributed by atoms with van der Waals surface area (Å²) in [7, 11) is 1.57. The van der Waals surface area contributed by atoms with Gasteiger partial charge in [-0.2, -0.15) is 0 Å². The minimum Gasteiger partial charge on any atom is -0.495 e. The van der Waals surface area contributed by atoms with E-state index in [9.17, 15) is 4.79 Å². The van der Waals surface area contributed by atoms with Gasteiger partial charge in [0.15, 0.2) is 5.11 Å². The Hall–Kier alpha value is -2.49. The van der Waals surface area contributed by atoms with Crippen LogP contribution in [-0.4, -0.2) is 23.1 Å². The molecule has 3 heterocycles. The van der Waals surface area contributed by atoms with Crippen molar-refractivity contribution in [3.05, 3.63) is 69.1 Å². The minimum atomic E-state index is -0.169. The van der Waals surface area contributed by atoms with E-state index in [1.165, 1.54) is 6.92 Å². The maximum atomic E-state index is 11.7. The summed E-state index contributed by atoms with van der Waals surface area (Å²) in [6.07, 6.45) is 1.78. The van der Waals surface area contributed by atoms with Crippen LogP contribution in [0.15, 0.2) is 58.5 Å². The largest absolute Gasteiger partial charge is 0.495 e. The molecule has 9 heteroatoms. The number of thiocarbonyl (C=S) groups is 1. The molecule has 2 N–H and O–H groups in total. The number of carbonyl (C=O) groups is 1. The summed E-state index contributed by atoms with van der Waals surface area (Å²) >= 11 is 11.0. The van der Waals surface area contributed by atoms with Crippen LogP contribution in [0.4, 0.5) is 11.4 Å². The smallest absolute Gasteiger partial charge is 0.221 e. The maximum Gasteiger partial charge on any atom is 0.221 e. The van der Waals surface area contributed by atoms with E-state index in [1.807, 2.05) is 36.4 Å². The molecule has 2 unspecified atom stereocenters. The van der Waals surface area contributed by atoms with Crippen LogP contribution in [-0.2, 0) is 4.79 Å². The number of thiophene rings is 1. The Kier molecular flexibility index (Phi) is 6.03. The number of methoxy groups -OCH3 is 1. The number of ether oxygens (including phenoxy) is 1. The first-order chi connectivity index (χ1) is 14.5. The molecule has 1 saturated heterocycles. The van der Waals surface area contributed by atoms with E-state index in [-0.39, 0.29) is 18.0 Å². The average Bonchev–Trinajstić information content (AvgIpc) is 3.31. The topological polar surface area (TPSA) is 66.5 Å². The van der Waals surface area contributed by atoms with Gasteiger partial charge in [-0.15, -0.1) is 11.3 Å². The van der Waals surface area contributed by atoms with Gasteiger partial charge in [0.25, 0.3) is 0 Å². The molecular weight excluding hydrogens is 484 g/mol. The number of hydrogen-bond acceptors (Lipinski definition) is 5. The van der Waals surface area contributed by atoms with Gasteiger partial charge in [0.05, 0.1) is 30.6 Å². The number of halogens is 1. The van der Waals surface area contributed by atoms with Crippen LogP contribution in [0.3, 0.4) is 0 Å². The number of nitrogens with zero attached hydrogens (tertiary/aromatic N) is 2. The number of aromatic nitrogens is 1. The van der Waals surface area contributed by atoms with Crippen molar-refractivity contribution in [2.45, 2.75) is 19.0 Å². The molecule has 154 valence electrons. The van der Waals surface area contributed by atoms with E-state index >= 15 is 0 Å². The van der Waals surface area contributed by atoms with Gasteiger partial charge in [0, 0.05) is 33.5 Å². The third-order valence-corrected chi connectivity index (χ3v) is 6.83. The molecule has 0 spiro atoms. The lowest BCUT2D eigenvalue weighted by molar-refractivity contribution is -0.114. The summed E-state index contributed by atoms with van der Waals surface area (Å²) in [5, 5.41) is 8.92. The van der Waals surface area contributed by atoms with Gasteiger partial charge in [-0.3, -0.25) is 9.78 Å². The van der Waals surface area contributed by atoms with Crippen LogP contribution in [0, 0.1) is 0 Å². The Bertz CT molecular complexity index is 1090. The normalized spacial score (nSPS) is 18.2. The summed E-state index contributed by atoms with van der Waals surface area (Å²) in [6, 6.07) is 13.4. The molecule has 2 aromatic heterocycles. The molecule has 0 saturated carbocycles. The Labute approximate surface area is 192 Å². The van der Waals surface area contributed by atoms with Gasteiger partial charge < -0.3 is 20.3 Å². The molecule has 1 fully saturated rings. The maximum absolute atomic E-state index is 11.7. The Morgan fingerprint density at radius 3 is 2.80 bits per heavy atom. The van der Waals surface area contributed by atoms with Gasteiger partial charge in [-0.05, 0) is 64.5 Å². The quantitative estimate of drug-likeness (QED) is 0.475. The second kappa shape index (κ2) is 8.71. The van der Waals surface area contributed by atoms with Crippen molar-refractivity contribution in [1.29, 1.82) is 0 Å². The minimum absolute atomic E-state index is 0.0951. The second-order valence-corrected chi connectivity index (χ2v) is 8.97. The van der Waals surface area contributed by atoms with E-state index < -0.39 is 0 Å². The van der Waals surface area contributed by atoms with Gasteiger partial charge in [0.1, 0.15) is 5.75 Å². The van der Waals surface area contributed by atoms with Crippen LogP contribution in [0.1, 0.15) is 29.6 Å². The zero-order valence-electron chi connectivity index (χ0n) is 16.3. The van der Waals surface area contributed by atoms with E-state index in [0.29, 0.717) is 16.5 Å². The van der Waals surface area contributed by atoms with Gasteiger partial charge in [-0.25, -0.2) is 0 Å². The molecular formula is C21H19BrN4O2S2. The molecule has 1 aliphatic rings. The average molecular weight is 503 g/mol. The summed E-state index contributed by atoms with van der Waals surface area (Å²) in [5.41, 5.74) is 2.36. The van der Waals surface area contributed by atoms with Crippen molar-refractivity contribution in [3.63, 3.8) is 0 Å². The van der Waals surface area contributed by atoms with Crippen LogP contribution in [0.2, 0.25) is 0 Å². The van der Waals surface area contributed by atoms with Crippen molar-refractivity contribution in [2.24, 2.45) is 0 Å². The van der Waals surface area contributed by atoms with E-state index in [4.69, 9.17) is 17.0 Å². The highest BCUT2D eigenvalue weighted by Crippen LogP contribution is 2.45. The fourth-order valence-electron chi connectivity index (χ4n) is 3.54. The highest BCUT2D eigenvalue weighted by molar-refractivity contribution is 9.10. The van der Waals surface area contributed by atoms with Crippen molar-refractivity contribution >= 4 is 61.9 Å². The zero-order valence-corrected chi connectivity index (χ0v) is 19.5. The summed E-state index contributed by atoms with van der Waals surface area (Å²) in [6.45, 7) is 1.47. The fourth-order valence-corrected chi connectivity index (χ4v) is 5.46. The number of rotatable bonds is 5. The van der Waals surface area contributed by atoms with Gasteiger partial charge in [-0.1, -0.05) is 6.07 Å². The van der Waals surface area contributed by atoms with E-state index in [1.54, 1.807) is 24.6 Å². The molecule has 1 amide bonds. The molecule has 0 aliphatic carbocycles. The van der Waals surface area contributed by atoms with E-state index in [2.05, 4.69) is 47.9 Å². The molecule has 0 radical (unpaired) electrons. The van der Waals surface area contributed by atoms with Crippen LogP contribution in [0.25, 0.3) is 0 Å². The third-order valence-electron chi connectivity index (χ3n) is 4.75. The number of benzene rings is 1. The Morgan fingerprint density at radius 1 is 1.33 bits per heavy atom. The number of nitrogens with one attached hydrogen (secondary N) is 2. The Balaban J connectivity index is 1.81. The highest BCUT2D eigenvalue weighted by Gasteiger charge is 2.41. The Morgan fingerprint density at radius 2 is 2.17 bits per heavy atom. The number of amides is 1. The molecule has 1 aliphatic heterocycles. The lowest BCUT2D eigenvalue weighted by Crippen LogP contribution is -2.29. The predicted molar refractivity (Wildman–Crippen MR) is 127 cm³/mol. The SMILES string of the molecule is COc1ccc(N2C(=S)NC(c3ccccn3)C2c2cc(Br)cs2)cc1NC(C)=O. The van der Waals surface area contributed by atoms with Gasteiger partial charge >= 0.3 is 0 Å². The van der Waals surface area contributed by atoms with E-state index in [0.717, 1.165) is 20.7 Å². The predicted octanol–water partition coefficient (Wildman–Crippen LogP) is 5.05.